The van der Waals surface area contributed by atoms with Crippen molar-refractivity contribution in [2.24, 2.45) is 11.5 Å². The molecule has 4 aromatic rings. The fraction of sp³-hybridized carbons (Fsp3) is 0.212. The lowest BCUT2D eigenvalue weighted by molar-refractivity contribution is -0.142. The van der Waals surface area contributed by atoms with E-state index in [0.29, 0.717) is 25.1 Å². The van der Waals surface area contributed by atoms with Gasteiger partial charge in [-0.15, -0.1) is 0 Å². The van der Waals surface area contributed by atoms with E-state index in [-0.39, 0.29) is 5.91 Å². The molecular formula is C33H35N3O3. The average molecular weight is 522 g/mol. The summed E-state index contributed by atoms with van der Waals surface area (Å²) < 4.78 is 5.95. The van der Waals surface area contributed by atoms with Crippen molar-refractivity contribution < 1.29 is 14.3 Å². The number of amides is 2. The molecule has 0 saturated carbocycles. The van der Waals surface area contributed by atoms with Gasteiger partial charge in [-0.25, -0.2) is 0 Å². The van der Waals surface area contributed by atoms with E-state index < -0.39 is 23.9 Å². The van der Waals surface area contributed by atoms with Gasteiger partial charge in [0.15, 0.2) is 0 Å². The van der Waals surface area contributed by atoms with E-state index in [4.69, 9.17) is 16.2 Å². The Labute approximate surface area is 230 Å². The van der Waals surface area contributed by atoms with Crippen molar-refractivity contribution in [2.45, 2.75) is 37.8 Å². The molecule has 0 bridgehead atoms. The van der Waals surface area contributed by atoms with Gasteiger partial charge in [-0.3, -0.25) is 9.59 Å². The molecule has 4 aromatic carbocycles. The van der Waals surface area contributed by atoms with Crippen LogP contribution in [0.1, 0.15) is 48.4 Å². The Hall–Kier alpha value is -4.42. The van der Waals surface area contributed by atoms with Gasteiger partial charge in [0.25, 0.3) is 0 Å². The molecule has 0 fully saturated rings. The summed E-state index contributed by atoms with van der Waals surface area (Å²) in [4.78, 5) is 29.0. The van der Waals surface area contributed by atoms with Crippen molar-refractivity contribution in [2.75, 3.05) is 6.54 Å². The highest BCUT2D eigenvalue weighted by atomic mass is 16.5. The first-order valence-corrected chi connectivity index (χ1v) is 13.2. The predicted molar refractivity (Wildman–Crippen MR) is 154 cm³/mol. The third-order valence-electron chi connectivity index (χ3n) is 6.87. The van der Waals surface area contributed by atoms with Crippen LogP contribution in [0, 0.1) is 0 Å². The third kappa shape index (κ3) is 6.92. The Morgan fingerprint density at radius 1 is 0.718 bits per heavy atom. The molecule has 0 saturated heterocycles. The summed E-state index contributed by atoms with van der Waals surface area (Å²) in [5.41, 5.74) is 14.3. The molecule has 0 aliphatic rings. The number of ether oxygens (including phenoxy) is 1. The molecule has 0 radical (unpaired) electrons. The minimum atomic E-state index is -0.814. The molecule has 4 rings (SSSR count). The quantitative estimate of drug-likeness (QED) is 0.246. The van der Waals surface area contributed by atoms with Gasteiger partial charge in [0.2, 0.25) is 11.8 Å². The Kier molecular flexibility index (Phi) is 9.48. The maximum Gasteiger partial charge on any atom is 0.240 e. The van der Waals surface area contributed by atoms with Crippen LogP contribution < -0.4 is 16.2 Å². The monoisotopic (exact) mass is 521 g/mol. The van der Waals surface area contributed by atoms with Crippen LogP contribution in [0.2, 0.25) is 0 Å². The second-order valence-corrected chi connectivity index (χ2v) is 9.51. The van der Waals surface area contributed by atoms with Gasteiger partial charge in [-0.1, -0.05) is 91.0 Å². The van der Waals surface area contributed by atoms with Gasteiger partial charge in [-0.2, -0.15) is 0 Å². The van der Waals surface area contributed by atoms with Gasteiger partial charge in [0, 0.05) is 0 Å². The second-order valence-electron chi connectivity index (χ2n) is 9.51. The molecule has 0 aliphatic heterocycles. The van der Waals surface area contributed by atoms with Gasteiger partial charge in [-0.05, 0) is 67.3 Å². The van der Waals surface area contributed by atoms with Crippen LogP contribution in [0.25, 0.3) is 0 Å². The summed E-state index contributed by atoms with van der Waals surface area (Å²) in [6.45, 7) is 2.32. The first-order valence-electron chi connectivity index (χ1n) is 13.2. The summed E-state index contributed by atoms with van der Waals surface area (Å²) >= 11 is 0. The number of carbonyl (C=O) groups is 2. The average Bonchev–Trinajstić information content (AvgIpc) is 2.97. The maximum atomic E-state index is 14.5. The first-order chi connectivity index (χ1) is 19.0. The van der Waals surface area contributed by atoms with Crippen LogP contribution in [0.3, 0.4) is 0 Å². The van der Waals surface area contributed by atoms with E-state index in [1.807, 2.05) is 122 Å². The number of rotatable bonds is 12. The third-order valence-corrected chi connectivity index (χ3v) is 6.87. The number of hydrogen-bond donors (Lipinski definition) is 2. The van der Waals surface area contributed by atoms with Crippen LogP contribution in [-0.4, -0.2) is 29.3 Å². The zero-order chi connectivity index (χ0) is 27.6. The standard InChI is InChI=1S/C33H35N3O3/c1-24(25-19-21-29(22-20-25)39-28-16-9-4-10-17-28)36(30(32(35)37)18-11-23-34)33(38)31(26-12-5-2-6-13-26)27-14-7-3-8-15-27/h2-10,12-17,19-22,24,30-31H,11,18,23,34H2,1H3,(H2,35,37)/t24-,30-/m1/s1. The van der Waals surface area contributed by atoms with Crippen molar-refractivity contribution in [1.29, 1.82) is 0 Å². The van der Waals surface area contributed by atoms with Crippen molar-refractivity contribution in [1.82, 2.24) is 4.90 Å². The van der Waals surface area contributed by atoms with Crippen LogP contribution >= 0.6 is 0 Å². The summed E-state index contributed by atoms with van der Waals surface area (Å²) in [5.74, 6) is 0.0726. The van der Waals surface area contributed by atoms with Gasteiger partial charge >= 0.3 is 0 Å². The van der Waals surface area contributed by atoms with Crippen molar-refractivity contribution in [3.05, 3.63) is 132 Å². The van der Waals surface area contributed by atoms with Crippen molar-refractivity contribution >= 4 is 11.8 Å². The summed E-state index contributed by atoms with van der Waals surface area (Å²) in [6, 6.07) is 35.1. The van der Waals surface area contributed by atoms with Crippen molar-refractivity contribution in [3.8, 4) is 11.5 Å². The zero-order valence-corrected chi connectivity index (χ0v) is 22.1. The maximum absolute atomic E-state index is 14.5. The minimum Gasteiger partial charge on any atom is -0.457 e. The number of hydrogen-bond acceptors (Lipinski definition) is 4. The van der Waals surface area contributed by atoms with Gasteiger partial charge in [0.05, 0.1) is 12.0 Å². The topological polar surface area (TPSA) is 98.7 Å². The Bertz CT molecular complexity index is 1290. The van der Waals surface area contributed by atoms with E-state index >= 15 is 0 Å². The highest BCUT2D eigenvalue weighted by Crippen LogP contribution is 2.34. The normalized spacial score (nSPS) is 12.5. The molecule has 39 heavy (non-hydrogen) atoms. The molecule has 6 nitrogen and oxygen atoms in total. The smallest absolute Gasteiger partial charge is 0.240 e. The minimum absolute atomic E-state index is 0.190. The molecular weight excluding hydrogens is 486 g/mol. The highest BCUT2D eigenvalue weighted by molar-refractivity contribution is 5.92. The molecule has 0 spiro atoms. The molecule has 0 heterocycles. The van der Waals surface area contributed by atoms with Crippen LogP contribution in [0.4, 0.5) is 0 Å². The van der Waals surface area contributed by atoms with E-state index in [1.165, 1.54) is 0 Å². The summed E-state index contributed by atoms with van der Waals surface area (Å²) in [7, 11) is 0. The van der Waals surface area contributed by atoms with Gasteiger partial charge < -0.3 is 21.1 Å². The van der Waals surface area contributed by atoms with Crippen LogP contribution in [0.15, 0.2) is 115 Å². The molecule has 6 heteroatoms. The number of nitrogens with zero attached hydrogens (tertiary/aromatic N) is 1. The van der Waals surface area contributed by atoms with Crippen LogP contribution in [-0.2, 0) is 9.59 Å². The Morgan fingerprint density at radius 2 is 1.21 bits per heavy atom. The number of primary amides is 1. The highest BCUT2D eigenvalue weighted by Gasteiger charge is 2.37. The number of para-hydroxylation sites is 1. The molecule has 0 aromatic heterocycles. The lowest BCUT2D eigenvalue weighted by Gasteiger charge is -2.38. The predicted octanol–water partition coefficient (Wildman–Crippen LogP) is 5.79. The summed E-state index contributed by atoms with van der Waals surface area (Å²) in [5, 5.41) is 0. The molecule has 0 aliphatic carbocycles. The van der Waals surface area contributed by atoms with Gasteiger partial charge in [0.1, 0.15) is 17.5 Å². The molecule has 2 atom stereocenters. The van der Waals surface area contributed by atoms with E-state index in [9.17, 15) is 9.59 Å². The van der Waals surface area contributed by atoms with Crippen LogP contribution in [0.5, 0.6) is 11.5 Å². The summed E-state index contributed by atoms with van der Waals surface area (Å²) in [6.07, 6.45) is 0.947. The van der Waals surface area contributed by atoms with E-state index in [1.54, 1.807) is 4.90 Å². The molecule has 2 amide bonds. The first kappa shape index (κ1) is 27.6. The van der Waals surface area contributed by atoms with E-state index in [2.05, 4.69) is 0 Å². The lowest BCUT2D eigenvalue weighted by atomic mass is 9.88. The largest absolute Gasteiger partial charge is 0.457 e. The fourth-order valence-electron chi connectivity index (χ4n) is 4.86. The molecule has 4 N–H and O–H groups in total. The number of nitrogens with two attached hydrogens (primary N) is 2. The Morgan fingerprint density at radius 3 is 1.69 bits per heavy atom. The number of benzene rings is 4. The fourth-order valence-corrected chi connectivity index (χ4v) is 4.86. The lowest BCUT2D eigenvalue weighted by Crippen LogP contribution is -2.50. The molecule has 0 unspecified atom stereocenters. The second kappa shape index (κ2) is 13.4. The van der Waals surface area contributed by atoms with Crippen molar-refractivity contribution in [3.63, 3.8) is 0 Å². The van der Waals surface area contributed by atoms with E-state index in [0.717, 1.165) is 22.4 Å². The zero-order valence-electron chi connectivity index (χ0n) is 22.1. The Balaban J connectivity index is 1.72. The SMILES string of the molecule is C[C@H](c1ccc(Oc2ccccc2)cc1)N(C(=O)C(c1ccccc1)c1ccccc1)[C@H](CCCN)C(N)=O. The number of carbonyl (C=O) groups excluding carboxylic acids is 2. The molecule has 200 valence electrons.